The van der Waals surface area contributed by atoms with E-state index in [2.05, 4.69) is 50.3 Å². The molecular weight excluding hydrogens is 326 g/mol. The molecule has 2 aromatic rings. The molecule has 1 aromatic carbocycles. The summed E-state index contributed by atoms with van der Waals surface area (Å²) in [6.45, 7) is 4.71. The van der Waals surface area contributed by atoms with Crippen LogP contribution in [0.15, 0.2) is 36.7 Å². The Kier molecular flexibility index (Phi) is 4.00. The molecule has 136 valence electrons. The molecule has 0 saturated carbocycles. The van der Waals surface area contributed by atoms with Gasteiger partial charge in [0, 0.05) is 38.6 Å². The maximum atomic E-state index is 13.1. The lowest BCUT2D eigenvalue weighted by atomic mass is 9.98. The van der Waals surface area contributed by atoms with Crippen molar-refractivity contribution in [3.8, 4) is 0 Å². The van der Waals surface area contributed by atoms with Gasteiger partial charge in [0.05, 0.1) is 5.92 Å². The first-order chi connectivity index (χ1) is 12.8. The Labute approximate surface area is 153 Å². The second kappa shape index (κ2) is 6.50. The first-order valence-electron chi connectivity index (χ1n) is 9.71. The number of amides is 1. The van der Waals surface area contributed by atoms with Crippen LogP contribution in [0.5, 0.6) is 0 Å². The van der Waals surface area contributed by atoms with Gasteiger partial charge in [0.15, 0.2) is 0 Å². The third kappa shape index (κ3) is 2.82. The summed E-state index contributed by atoms with van der Waals surface area (Å²) < 4.78 is 2.05. The lowest BCUT2D eigenvalue weighted by molar-refractivity contribution is -0.135. The molecule has 2 fully saturated rings. The number of hydrogen-bond donors (Lipinski definition) is 0. The molecule has 5 rings (SSSR count). The number of carbonyl (C=O) groups is 1. The van der Waals surface area contributed by atoms with E-state index >= 15 is 0 Å². The summed E-state index contributed by atoms with van der Waals surface area (Å²) in [4.78, 5) is 17.8. The molecule has 6 heteroatoms. The Hall–Kier alpha value is -2.21. The summed E-state index contributed by atoms with van der Waals surface area (Å²) in [5, 5.41) is 8.10. The Bertz CT molecular complexity index is 789. The molecule has 0 bridgehead atoms. The standard InChI is InChI=1S/C20H25N5O/c26-20(17-6-7-19-22-21-14-25(19)12-17)24-11-16-8-9-23(18(16)13-24)10-15-4-2-1-3-5-15/h1-5,14,16-18H,6-13H2/t16-,17?,18+/m0/s1. The Morgan fingerprint density at radius 2 is 2.00 bits per heavy atom. The van der Waals surface area contributed by atoms with Gasteiger partial charge in [0.1, 0.15) is 12.2 Å². The van der Waals surface area contributed by atoms with Gasteiger partial charge < -0.3 is 9.47 Å². The Balaban J connectivity index is 1.24. The molecule has 1 unspecified atom stereocenters. The van der Waals surface area contributed by atoms with E-state index in [1.807, 2.05) is 4.57 Å². The van der Waals surface area contributed by atoms with Crippen LogP contribution >= 0.6 is 0 Å². The Morgan fingerprint density at radius 1 is 1.12 bits per heavy atom. The smallest absolute Gasteiger partial charge is 0.227 e. The molecule has 1 aromatic heterocycles. The number of fused-ring (bicyclic) bond motifs is 2. The summed E-state index contributed by atoms with van der Waals surface area (Å²) in [6.07, 6.45) is 4.73. The molecule has 26 heavy (non-hydrogen) atoms. The largest absolute Gasteiger partial charge is 0.340 e. The minimum absolute atomic E-state index is 0.0832. The number of hydrogen-bond acceptors (Lipinski definition) is 4. The molecule has 4 heterocycles. The van der Waals surface area contributed by atoms with Gasteiger partial charge in [-0.1, -0.05) is 30.3 Å². The zero-order valence-corrected chi connectivity index (χ0v) is 15.0. The maximum absolute atomic E-state index is 13.1. The first kappa shape index (κ1) is 16.0. The summed E-state index contributed by atoms with van der Waals surface area (Å²) in [7, 11) is 0. The van der Waals surface area contributed by atoms with Crippen molar-refractivity contribution in [2.45, 2.75) is 38.4 Å². The predicted octanol–water partition coefficient (Wildman–Crippen LogP) is 1.57. The van der Waals surface area contributed by atoms with E-state index in [-0.39, 0.29) is 5.92 Å². The van der Waals surface area contributed by atoms with Crippen LogP contribution in [0.3, 0.4) is 0 Å². The van der Waals surface area contributed by atoms with Crippen LogP contribution < -0.4 is 0 Å². The number of rotatable bonds is 3. The van der Waals surface area contributed by atoms with Crippen molar-refractivity contribution in [3.63, 3.8) is 0 Å². The van der Waals surface area contributed by atoms with Crippen LogP contribution in [0.1, 0.15) is 24.2 Å². The van der Waals surface area contributed by atoms with Gasteiger partial charge in [-0.25, -0.2) is 0 Å². The molecule has 0 aliphatic carbocycles. The van der Waals surface area contributed by atoms with Crippen molar-refractivity contribution in [2.75, 3.05) is 19.6 Å². The highest BCUT2D eigenvalue weighted by atomic mass is 16.2. The maximum Gasteiger partial charge on any atom is 0.227 e. The summed E-state index contributed by atoms with van der Waals surface area (Å²) in [6, 6.07) is 11.2. The third-order valence-corrected chi connectivity index (χ3v) is 6.38. The highest BCUT2D eigenvalue weighted by Crippen LogP contribution is 2.34. The second-order valence-corrected chi connectivity index (χ2v) is 7.95. The van der Waals surface area contributed by atoms with Gasteiger partial charge >= 0.3 is 0 Å². The molecule has 0 radical (unpaired) electrons. The molecule has 0 N–H and O–H groups in total. The summed E-state index contributed by atoms with van der Waals surface area (Å²) >= 11 is 0. The van der Waals surface area contributed by atoms with Crippen molar-refractivity contribution in [1.29, 1.82) is 0 Å². The third-order valence-electron chi connectivity index (χ3n) is 6.38. The van der Waals surface area contributed by atoms with Crippen LogP contribution in [0.4, 0.5) is 0 Å². The molecule has 1 amide bonds. The average Bonchev–Trinajstić information content (AvgIpc) is 3.38. The molecule has 3 atom stereocenters. The van der Waals surface area contributed by atoms with Gasteiger partial charge in [-0.2, -0.15) is 0 Å². The molecule has 2 saturated heterocycles. The molecule has 0 spiro atoms. The first-order valence-corrected chi connectivity index (χ1v) is 9.71. The van der Waals surface area contributed by atoms with E-state index < -0.39 is 0 Å². The topological polar surface area (TPSA) is 54.3 Å². The van der Waals surface area contributed by atoms with Crippen molar-refractivity contribution in [2.24, 2.45) is 11.8 Å². The number of nitrogens with zero attached hydrogens (tertiary/aromatic N) is 5. The van der Waals surface area contributed by atoms with E-state index in [4.69, 9.17) is 0 Å². The van der Waals surface area contributed by atoms with Crippen LogP contribution in [0.25, 0.3) is 0 Å². The fourth-order valence-corrected chi connectivity index (χ4v) is 4.96. The van der Waals surface area contributed by atoms with E-state index in [0.29, 0.717) is 17.9 Å². The minimum atomic E-state index is 0.0832. The van der Waals surface area contributed by atoms with Gasteiger partial charge in [0.25, 0.3) is 0 Å². The molecular formula is C20H25N5O. The zero-order chi connectivity index (χ0) is 17.5. The lowest BCUT2D eigenvalue weighted by Gasteiger charge is -2.29. The van der Waals surface area contributed by atoms with Crippen molar-refractivity contribution >= 4 is 5.91 Å². The minimum Gasteiger partial charge on any atom is -0.340 e. The predicted molar refractivity (Wildman–Crippen MR) is 97.2 cm³/mol. The van der Waals surface area contributed by atoms with Gasteiger partial charge in [-0.05, 0) is 30.9 Å². The number of aryl methyl sites for hydroxylation is 1. The normalized spacial score (nSPS) is 28.2. The van der Waals surface area contributed by atoms with Crippen molar-refractivity contribution in [1.82, 2.24) is 24.6 Å². The van der Waals surface area contributed by atoms with Crippen LogP contribution in [0.2, 0.25) is 0 Å². The van der Waals surface area contributed by atoms with E-state index in [9.17, 15) is 4.79 Å². The zero-order valence-electron chi connectivity index (χ0n) is 15.0. The molecule has 6 nitrogen and oxygen atoms in total. The summed E-state index contributed by atoms with van der Waals surface area (Å²) in [5.41, 5.74) is 1.37. The van der Waals surface area contributed by atoms with Gasteiger partial charge in [-0.15, -0.1) is 10.2 Å². The summed E-state index contributed by atoms with van der Waals surface area (Å²) in [5.74, 6) is 2.07. The van der Waals surface area contributed by atoms with Crippen molar-refractivity contribution < 1.29 is 4.79 Å². The van der Waals surface area contributed by atoms with Crippen molar-refractivity contribution in [3.05, 3.63) is 48.0 Å². The highest BCUT2D eigenvalue weighted by Gasteiger charge is 2.44. The van der Waals surface area contributed by atoms with Crippen LogP contribution in [-0.2, 0) is 24.3 Å². The van der Waals surface area contributed by atoms with E-state index in [0.717, 1.165) is 51.4 Å². The molecule has 3 aliphatic heterocycles. The van der Waals surface area contributed by atoms with Gasteiger partial charge in [0.2, 0.25) is 5.91 Å². The highest BCUT2D eigenvalue weighted by molar-refractivity contribution is 5.79. The second-order valence-electron chi connectivity index (χ2n) is 7.95. The van der Waals surface area contributed by atoms with Crippen LogP contribution in [0, 0.1) is 11.8 Å². The quantitative estimate of drug-likeness (QED) is 0.842. The number of aromatic nitrogens is 3. The lowest BCUT2D eigenvalue weighted by Crippen LogP contribution is -2.41. The average molecular weight is 351 g/mol. The SMILES string of the molecule is O=C(C1CCc2nncn2C1)N1C[C@@H]2CCN(Cc3ccccc3)[C@@H]2C1. The Morgan fingerprint density at radius 3 is 2.88 bits per heavy atom. The number of benzene rings is 1. The number of likely N-dealkylation sites (tertiary alicyclic amines) is 2. The van der Waals surface area contributed by atoms with E-state index in [1.54, 1.807) is 6.33 Å². The van der Waals surface area contributed by atoms with Crippen LogP contribution in [-0.4, -0.2) is 56.1 Å². The molecule has 3 aliphatic rings. The number of carbonyl (C=O) groups excluding carboxylic acids is 1. The monoisotopic (exact) mass is 351 g/mol. The fraction of sp³-hybridized carbons (Fsp3) is 0.550. The van der Waals surface area contributed by atoms with E-state index in [1.165, 1.54) is 12.0 Å². The fourth-order valence-electron chi connectivity index (χ4n) is 4.96. The van der Waals surface area contributed by atoms with Gasteiger partial charge in [-0.3, -0.25) is 9.69 Å².